The summed E-state index contributed by atoms with van der Waals surface area (Å²) >= 11 is 0. The first-order valence-corrected chi connectivity index (χ1v) is 8.13. The predicted octanol–water partition coefficient (Wildman–Crippen LogP) is 2.69. The van der Waals surface area contributed by atoms with E-state index in [0.717, 1.165) is 12.0 Å². The first-order valence-electron chi connectivity index (χ1n) is 8.13. The van der Waals surface area contributed by atoms with Crippen LogP contribution in [0.4, 0.5) is 0 Å². The Hall–Kier alpha value is -1.65. The summed E-state index contributed by atoms with van der Waals surface area (Å²) in [6, 6.07) is 0. The molecule has 4 atom stereocenters. The van der Waals surface area contributed by atoms with Gasteiger partial charge in [0.1, 0.15) is 5.76 Å². The third-order valence-electron chi connectivity index (χ3n) is 4.62. The van der Waals surface area contributed by atoms with Crippen molar-refractivity contribution in [3.8, 4) is 0 Å². The maximum absolute atomic E-state index is 11.9. The van der Waals surface area contributed by atoms with Gasteiger partial charge >= 0.3 is 0 Å². The van der Waals surface area contributed by atoms with Gasteiger partial charge in [0.15, 0.2) is 11.4 Å². The molecule has 0 saturated heterocycles. The zero-order valence-electron chi connectivity index (χ0n) is 14.2. The molecule has 4 heteroatoms. The van der Waals surface area contributed by atoms with Gasteiger partial charge in [-0.05, 0) is 43.6 Å². The Morgan fingerprint density at radius 1 is 1.52 bits per heavy atom. The SMILES string of the molecule is CCC(C)C=C(C)C=CC1=CC2=CC(=O)C(C)(O)C(O)C2CO1. The first-order chi connectivity index (χ1) is 10.8. The smallest absolute Gasteiger partial charge is 0.189 e. The minimum absolute atomic E-state index is 0.251. The standard InChI is InChI=1S/C19H26O4/c1-5-12(2)8-13(3)6-7-15-9-14-10-17(20)19(4,22)18(21)16(14)11-23-15/h6-10,12,16,18,21-22H,5,11H2,1-4H3. The highest BCUT2D eigenvalue weighted by Crippen LogP contribution is 2.35. The lowest BCUT2D eigenvalue weighted by Crippen LogP contribution is -2.54. The Labute approximate surface area is 137 Å². The molecular weight excluding hydrogens is 292 g/mol. The summed E-state index contributed by atoms with van der Waals surface area (Å²) in [5.74, 6) is 0.342. The van der Waals surface area contributed by atoms with E-state index in [4.69, 9.17) is 4.74 Å². The number of carbonyl (C=O) groups is 1. The predicted molar refractivity (Wildman–Crippen MR) is 89.6 cm³/mol. The summed E-state index contributed by atoms with van der Waals surface area (Å²) in [7, 11) is 0. The van der Waals surface area contributed by atoms with Crippen molar-refractivity contribution in [2.75, 3.05) is 6.61 Å². The third-order valence-corrected chi connectivity index (χ3v) is 4.62. The van der Waals surface area contributed by atoms with Crippen molar-refractivity contribution in [2.24, 2.45) is 11.8 Å². The van der Waals surface area contributed by atoms with Crippen molar-refractivity contribution in [1.29, 1.82) is 0 Å². The number of ketones is 1. The van der Waals surface area contributed by atoms with Gasteiger partial charge in [-0.1, -0.05) is 38.0 Å². The molecule has 0 saturated carbocycles. The van der Waals surface area contributed by atoms with Crippen LogP contribution in [-0.2, 0) is 9.53 Å². The number of aliphatic hydroxyl groups is 2. The van der Waals surface area contributed by atoms with Gasteiger partial charge in [0, 0.05) is 5.92 Å². The van der Waals surface area contributed by atoms with Crippen LogP contribution in [-0.4, -0.2) is 34.3 Å². The lowest BCUT2D eigenvalue weighted by atomic mass is 9.75. The monoisotopic (exact) mass is 318 g/mol. The van der Waals surface area contributed by atoms with E-state index in [1.165, 1.54) is 13.0 Å². The molecule has 0 aromatic rings. The van der Waals surface area contributed by atoms with E-state index in [0.29, 0.717) is 17.3 Å². The molecule has 2 N–H and O–H groups in total. The van der Waals surface area contributed by atoms with Gasteiger partial charge in [-0.25, -0.2) is 0 Å². The van der Waals surface area contributed by atoms with Crippen molar-refractivity contribution in [3.63, 3.8) is 0 Å². The van der Waals surface area contributed by atoms with Crippen molar-refractivity contribution in [2.45, 2.75) is 45.8 Å². The number of carbonyl (C=O) groups excluding carboxylic acids is 1. The summed E-state index contributed by atoms with van der Waals surface area (Å²) in [4.78, 5) is 11.9. The molecule has 2 rings (SSSR count). The zero-order valence-corrected chi connectivity index (χ0v) is 14.2. The minimum atomic E-state index is -1.74. The summed E-state index contributed by atoms with van der Waals surface area (Å²) in [5, 5.41) is 20.2. The molecule has 0 aromatic carbocycles. The van der Waals surface area contributed by atoms with Crippen LogP contribution >= 0.6 is 0 Å². The second-order valence-electron chi connectivity index (χ2n) is 6.69. The maximum atomic E-state index is 11.9. The summed E-state index contributed by atoms with van der Waals surface area (Å²) < 4.78 is 5.65. The van der Waals surface area contributed by atoms with Crippen molar-refractivity contribution in [3.05, 3.63) is 47.3 Å². The first kappa shape index (κ1) is 17.7. The maximum Gasteiger partial charge on any atom is 0.189 e. The zero-order chi connectivity index (χ0) is 17.2. The van der Waals surface area contributed by atoms with Gasteiger partial charge in [-0.2, -0.15) is 0 Å². The Morgan fingerprint density at radius 2 is 2.22 bits per heavy atom. The van der Waals surface area contributed by atoms with Crippen molar-refractivity contribution < 1.29 is 19.7 Å². The van der Waals surface area contributed by atoms with E-state index in [2.05, 4.69) is 19.9 Å². The highest BCUT2D eigenvalue weighted by molar-refractivity contribution is 5.99. The Balaban J connectivity index is 2.18. The Kier molecular flexibility index (Phi) is 5.27. The molecule has 4 unspecified atom stereocenters. The second-order valence-corrected chi connectivity index (χ2v) is 6.69. The van der Waals surface area contributed by atoms with Gasteiger partial charge in [0.25, 0.3) is 0 Å². The number of aliphatic hydroxyl groups excluding tert-OH is 1. The van der Waals surface area contributed by atoms with Crippen molar-refractivity contribution in [1.82, 2.24) is 0 Å². The van der Waals surface area contributed by atoms with E-state index in [-0.39, 0.29) is 12.5 Å². The fraction of sp³-hybridized carbons (Fsp3) is 0.526. The topological polar surface area (TPSA) is 66.8 Å². The molecule has 0 fully saturated rings. The summed E-state index contributed by atoms with van der Waals surface area (Å²) in [6.45, 7) is 7.96. The number of fused-ring (bicyclic) bond motifs is 1. The van der Waals surface area contributed by atoms with Gasteiger partial charge < -0.3 is 14.9 Å². The van der Waals surface area contributed by atoms with Gasteiger partial charge in [-0.15, -0.1) is 0 Å². The van der Waals surface area contributed by atoms with Crippen LogP contribution in [0.3, 0.4) is 0 Å². The second kappa shape index (κ2) is 6.85. The molecule has 0 aromatic heterocycles. The molecule has 1 aliphatic carbocycles. The summed E-state index contributed by atoms with van der Waals surface area (Å²) in [5.41, 5.74) is 0.125. The van der Waals surface area contributed by atoms with E-state index in [1.807, 2.05) is 19.1 Å². The van der Waals surface area contributed by atoms with E-state index >= 15 is 0 Å². The fourth-order valence-electron chi connectivity index (χ4n) is 2.78. The summed E-state index contributed by atoms with van der Waals surface area (Å²) in [6.07, 6.45) is 9.17. The quantitative estimate of drug-likeness (QED) is 0.782. The molecule has 1 heterocycles. The van der Waals surface area contributed by atoms with Gasteiger partial charge in [0.2, 0.25) is 0 Å². The number of hydrogen-bond donors (Lipinski definition) is 2. The van der Waals surface area contributed by atoms with Gasteiger partial charge in [0.05, 0.1) is 12.7 Å². The van der Waals surface area contributed by atoms with Crippen LogP contribution in [0.1, 0.15) is 34.1 Å². The molecule has 2 aliphatic rings. The van der Waals surface area contributed by atoms with Crippen molar-refractivity contribution >= 4 is 5.78 Å². The third kappa shape index (κ3) is 3.82. The minimum Gasteiger partial charge on any atom is -0.493 e. The average molecular weight is 318 g/mol. The molecule has 1 aliphatic heterocycles. The largest absolute Gasteiger partial charge is 0.493 e. The molecule has 0 bridgehead atoms. The molecule has 126 valence electrons. The van der Waals surface area contributed by atoms with Crippen LogP contribution in [0.2, 0.25) is 0 Å². The molecular formula is C19H26O4. The molecule has 0 spiro atoms. The van der Waals surface area contributed by atoms with Crippen LogP contribution in [0.15, 0.2) is 47.3 Å². The van der Waals surface area contributed by atoms with E-state index < -0.39 is 17.5 Å². The van der Waals surface area contributed by atoms with E-state index in [9.17, 15) is 15.0 Å². The average Bonchev–Trinajstić information content (AvgIpc) is 2.51. The highest BCUT2D eigenvalue weighted by Gasteiger charge is 2.47. The number of hydrogen-bond acceptors (Lipinski definition) is 4. The molecule has 0 radical (unpaired) electrons. The molecule has 0 amide bonds. The lowest BCUT2D eigenvalue weighted by molar-refractivity contribution is -0.150. The van der Waals surface area contributed by atoms with E-state index in [1.54, 1.807) is 6.08 Å². The lowest BCUT2D eigenvalue weighted by Gasteiger charge is -2.39. The van der Waals surface area contributed by atoms with Crippen LogP contribution < -0.4 is 0 Å². The molecule has 23 heavy (non-hydrogen) atoms. The van der Waals surface area contributed by atoms with Crippen LogP contribution in [0.5, 0.6) is 0 Å². The normalized spacial score (nSPS) is 33.0. The Bertz CT molecular complexity index is 592. The molecule has 4 nitrogen and oxygen atoms in total. The fourth-order valence-corrected chi connectivity index (χ4v) is 2.78. The van der Waals surface area contributed by atoms with Crippen LogP contribution in [0, 0.1) is 11.8 Å². The number of allylic oxidation sites excluding steroid dienone is 5. The van der Waals surface area contributed by atoms with Gasteiger partial charge in [-0.3, -0.25) is 4.79 Å². The number of rotatable bonds is 4. The number of ether oxygens (including phenoxy) is 1. The van der Waals surface area contributed by atoms with Crippen LogP contribution in [0.25, 0.3) is 0 Å². The Morgan fingerprint density at radius 3 is 2.87 bits per heavy atom. The highest BCUT2D eigenvalue weighted by atomic mass is 16.5.